The van der Waals surface area contributed by atoms with Crippen molar-refractivity contribution in [3.8, 4) is 28.4 Å². The molecule has 0 saturated heterocycles. The van der Waals surface area contributed by atoms with Gasteiger partial charge < -0.3 is 19.3 Å². The summed E-state index contributed by atoms with van der Waals surface area (Å²) >= 11 is 0. The maximum atomic E-state index is 10.5. The molecule has 0 heterocycles. The van der Waals surface area contributed by atoms with Gasteiger partial charge in [0.2, 0.25) is 0 Å². The van der Waals surface area contributed by atoms with Gasteiger partial charge in [-0.2, -0.15) is 0 Å². The molecule has 0 saturated carbocycles. The Labute approximate surface area is 191 Å². The lowest BCUT2D eigenvalue weighted by Crippen LogP contribution is -2.35. The van der Waals surface area contributed by atoms with E-state index in [9.17, 15) is 5.11 Å². The Hall–Kier alpha value is -3.02. The van der Waals surface area contributed by atoms with Crippen molar-refractivity contribution in [1.29, 1.82) is 0 Å². The minimum absolute atomic E-state index is 0.244. The van der Waals surface area contributed by atoms with Gasteiger partial charge in [0, 0.05) is 13.1 Å². The lowest BCUT2D eigenvalue weighted by Gasteiger charge is -2.24. The smallest absolute Gasteiger partial charge is 0.161 e. The third-order valence-corrected chi connectivity index (χ3v) is 5.25. The van der Waals surface area contributed by atoms with Crippen molar-refractivity contribution in [3.05, 3.63) is 78.4 Å². The number of rotatable bonds is 12. The zero-order valence-corrected chi connectivity index (χ0v) is 19.2. The van der Waals surface area contributed by atoms with Crippen molar-refractivity contribution in [2.24, 2.45) is 0 Å². The summed E-state index contributed by atoms with van der Waals surface area (Å²) in [6, 6.07) is 24.1. The molecule has 1 unspecified atom stereocenters. The number of aliphatic hydroxyl groups excluding tert-OH is 1. The van der Waals surface area contributed by atoms with Crippen LogP contribution in [0.4, 0.5) is 0 Å². The number of hydrogen-bond donors (Lipinski definition) is 1. The molecule has 0 bridgehead atoms. The van der Waals surface area contributed by atoms with Crippen molar-refractivity contribution < 1.29 is 19.3 Å². The number of likely N-dealkylation sites (N-methyl/N-ethyl adjacent to an activating group) is 1. The Morgan fingerprint density at radius 3 is 2.22 bits per heavy atom. The number of hydrogen-bond acceptors (Lipinski definition) is 5. The Balaban J connectivity index is 1.51. The molecule has 1 atom stereocenters. The second-order valence-corrected chi connectivity index (χ2v) is 7.60. The molecule has 0 spiro atoms. The molecule has 0 amide bonds. The molecule has 3 aromatic carbocycles. The van der Waals surface area contributed by atoms with E-state index in [0.29, 0.717) is 19.7 Å². The van der Waals surface area contributed by atoms with E-state index in [1.807, 2.05) is 67.6 Å². The Kier molecular flexibility index (Phi) is 8.96. The molecule has 3 rings (SSSR count). The van der Waals surface area contributed by atoms with Gasteiger partial charge in [0.25, 0.3) is 0 Å². The first-order valence-corrected chi connectivity index (χ1v) is 11.1. The molecule has 1 N–H and O–H groups in total. The van der Waals surface area contributed by atoms with Crippen molar-refractivity contribution in [2.75, 3.05) is 33.4 Å². The van der Waals surface area contributed by atoms with Crippen LogP contribution in [-0.4, -0.2) is 49.5 Å². The first-order chi connectivity index (χ1) is 15.6. The summed E-state index contributed by atoms with van der Waals surface area (Å²) in [4.78, 5) is 2.18. The maximum Gasteiger partial charge on any atom is 0.161 e. The van der Waals surface area contributed by atoms with E-state index in [-0.39, 0.29) is 6.61 Å². The number of benzene rings is 3. The summed E-state index contributed by atoms with van der Waals surface area (Å²) in [6.07, 6.45) is -0.589. The fourth-order valence-electron chi connectivity index (χ4n) is 3.57. The Morgan fingerprint density at radius 1 is 0.844 bits per heavy atom. The lowest BCUT2D eigenvalue weighted by atomic mass is 10.1. The minimum atomic E-state index is -0.589. The van der Waals surface area contributed by atoms with E-state index in [1.165, 1.54) is 5.56 Å². The SMILES string of the molecule is CCOc1ccc(CN(CC)CC(O)COc2ccc(-c3ccccc3)cc2)cc1OC. The van der Waals surface area contributed by atoms with Gasteiger partial charge in [-0.1, -0.05) is 55.5 Å². The van der Waals surface area contributed by atoms with Crippen LogP contribution in [0.15, 0.2) is 72.8 Å². The third kappa shape index (κ3) is 6.74. The first-order valence-electron chi connectivity index (χ1n) is 11.1. The summed E-state index contributed by atoms with van der Waals surface area (Å²) in [7, 11) is 1.65. The summed E-state index contributed by atoms with van der Waals surface area (Å²) in [5.41, 5.74) is 3.42. The highest BCUT2D eigenvalue weighted by atomic mass is 16.5. The zero-order chi connectivity index (χ0) is 22.8. The van der Waals surface area contributed by atoms with Gasteiger partial charge in [-0.15, -0.1) is 0 Å². The van der Waals surface area contributed by atoms with Gasteiger partial charge in [-0.25, -0.2) is 0 Å². The normalized spacial score (nSPS) is 11.9. The fourth-order valence-corrected chi connectivity index (χ4v) is 3.57. The molecule has 0 fully saturated rings. The molecule has 0 aliphatic carbocycles. The largest absolute Gasteiger partial charge is 0.493 e. The van der Waals surface area contributed by atoms with Gasteiger partial charge in [0.1, 0.15) is 18.5 Å². The summed E-state index contributed by atoms with van der Waals surface area (Å²) in [6.45, 7) is 6.93. The van der Waals surface area contributed by atoms with Crippen molar-refractivity contribution >= 4 is 0 Å². The van der Waals surface area contributed by atoms with Gasteiger partial charge in [-0.05, 0) is 54.4 Å². The molecule has 32 heavy (non-hydrogen) atoms. The predicted molar refractivity (Wildman–Crippen MR) is 128 cm³/mol. The zero-order valence-electron chi connectivity index (χ0n) is 19.2. The summed E-state index contributed by atoms with van der Waals surface area (Å²) in [5, 5.41) is 10.5. The fraction of sp³-hybridized carbons (Fsp3) is 0.333. The van der Waals surface area contributed by atoms with E-state index >= 15 is 0 Å². The molecule has 0 aliphatic heterocycles. The van der Waals surface area contributed by atoms with Crippen molar-refractivity contribution in [2.45, 2.75) is 26.5 Å². The van der Waals surface area contributed by atoms with E-state index in [0.717, 1.165) is 34.9 Å². The lowest BCUT2D eigenvalue weighted by molar-refractivity contribution is 0.0674. The molecule has 0 aromatic heterocycles. The number of methoxy groups -OCH3 is 1. The second kappa shape index (κ2) is 12.1. The molecule has 0 aliphatic rings. The van der Waals surface area contributed by atoms with Crippen LogP contribution in [0.2, 0.25) is 0 Å². The van der Waals surface area contributed by atoms with Crippen LogP contribution in [0.5, 0.6) is 17.2 Å². The molecular formula is C27H33NO4. The van der Waals surface area contributed by atoms with Crippen LogP contribution >= 0.6 is 0 Å². The number of aliphatic hydroxyl groups is 1. The molecule has 5 heteroatoms. The topological polar surface area (TPSA) is 51.2 Å². The number of nitrogens with zero attached hydrogens (tertiary/aromatic N) is 1. The Morgan fingerprint density at radius 2 is 1.56 bits per heavy atom. The van der Waals surface area contributed by atoms with Crippen LogP contribution in [0.25, 0.3) is 11.1 Å². The van der Waals surface area contributed by atoms with E-state index < -0.39 is 6.10 Å². The van der Waals surface area contributed by atoms with Crippen LogP contribution in [0.1, 0.15) is 19.4 Å². The van der Waals surface area contributed by atoms with E-state index in [2.05, 4.69) is 24.0 Å². The third-order valence-electron chi connectivity index (χ3n) is 5.25. The monoisotopic (exact) mass is 435 g/mol. The summed E-state index contributed by atoms with van der Waals surface area (Å²) < 4.78 is 16.9. The standard InChI is InChI=1S/C27H33NO4/c1-4-28(18-21-11-16-26(31-5-2)27(17-21)30-3)19-24(29)20-32-25-14-12-23(13-15-25)22-9-7-6-8-10-22/h6-17,24,29H,4-5,18-20H2,1-3H3. The highest BCUT2D eigenvalue weighted by Crippen LogP contribution is 2.28. The highest BCUT2D eigenvalue weighted by Gasteiger charge is 2.13. The van der Waals surface area contributed by atoms with Crippen molar-refractivity contribution in [3.63, 3.8) is 0 Å². The first kappa shape index (κ1) is 23.6. The van der Waals surface area contributed by atoms with E-state index in [4.69, 9.17) is 14.2 Å². The maximum absolute atomic E-state index is 10.5. The highest BCUT2D eigenvalue weighted by molar-refractivity contribution is 5.63. The molecule has 3 aromatic rings. The molecule has 5 nitrogen and oxygen atoms in total. The molecular weight excluding hydrogens is 402 g/mol. The average molecular weight is 436 g/mol. The van der Waals surface area contributed by atoms with Gasteiger partial charge >= 0.3 is 0 Å². The van der Waals surface area contributed by atoms with E-state index in [1.54, 1.807) is 7.11 Å². The van der Waals surface area contributed by atoms with Crippen molar-refractivity contribution in [1.82, 2.24) is 4.90 Å². The second-order valence-electron chi connectivity index (χ2n) is 7.60. The van der Waals surface area contributed by atoms with Crippen LogP contribution < -0.4 is 14.2 Å². The van der Waals surface area contributed by atoms with Gasteiger partial charge in [0.05, 0.1) is 13.7 Å². The Bertz CT molecular complexity index is 944. The van der Waals surface area contributed by atoms with Crippen LogP contribution in [-0.2, 0) is 6.54 Å². The molecule has 170 valence electrons. The van der Waals surface area contributed by atoms with Crippen LogP contribution in [0, 0.1) is 0 Å². The van der Waals surface area contributed by atoms with Crippen LogP contribution in [0.3, 0.4) is 0 Å². The molecule has 0 radical (unpaired) electrons. The quantitative estimate of drug-likeness (QED) is 0.433. The minimum Gasteiger partial charge on any atom is -0.493 e. The number of ether oxygens (including phenoxy) is 3. The summed E-state index contributed by atoms with van der Waals surface area (Å²) in [5.74, 6) is 2.22. The average Bonchev–Trinajstić information content (AvgIpc) is 2.84. The van der Waals surface area contributed by atoms with Gasteiger partial charge in [0.15, 0.2) is 11.5 Å². The predicted octanol–water partition coefficient (Wildman–Crippen LogP) is 5.02. The van der Waals surface area contributed by atoms with Gasteiger partial charge in [-0.3, -0.25) is 4.90 Å².